The molecule has 2 aliphatic rings. The van der Waals surface area contributed by atoms with E-state index < -0.39 is 11.2 Å². The van der Waals surface area contributed by atoms with Gasteiger partial charge in [0.25, 0.3) is 0 Å². The number of aliphatic hydroxyl groups excluding tert-OH is 2. The maximum atomic E-state index is 10.6. The van der Waals surface area contributed by atoms with Gasteiger partial charge >= 0.3 is 0 Å². The second-order valence-corrected chi connectivity index (χ2v) is 5.44. The first-order valence-corrected chi connectivity index (χ1v) is 6.72. The second-order valence-electron chi connectivity index (χ2n) is 5.44. The van der Waals surface area contributed by atoms with E-state index in [-0.39, 0.29) is 35.7 Å². The molecule has 7 heteroatoms. The molecule has 2 unspecified atom stereocenters. The maximum absolute atomic E-state index is 10.6. The highest BCUT2D eigenvalue weighted by atomic mass is 16.3. The Kier molecular flexibility index (Phi) is 3.31. The molecule has 0 saturated carbocycles. The minimum absolute atomic E-state index is 0.0158. The zero-order chi connectivity index (χ0) is 15.8. The number of hydrogen-bond acceptors (Lipinski definition) is 7. The molecule has 1 aromatic heterocycles. The molecule has 0 radical (unpaired) electrons. The molecule has 0 aliphatic heterocycles. The Labute approximate surface area is 126 Å². The first kappa shape index (κ1) is 14.4. The van der Waals surface area contributed by atoms with Crippen LogP contribution in [-0.4, -0.2) is 35.8 Å². The summed E-state index contributed by atoms with van der Waals surface area (Å²) in [6.45, 7) is 0. The molecule has 0 saturated heterocycles. The molecular formula is C15H15N3O4. The van der Waals surface area contributed by atoms with Crippen LogP contribution in [0.1, 0.15) is 24.2 Å². The molecule has 0 aromatic carbocycles. The monoisotopic (exact) mass is 301 g/mol. The third kappa shape index (κ3) is 2.51. The van der Waals surface area contributed by atoms with Crippen LogP contribution in [0, 0.1) is 0 Å². The summed E-state index contributed by atoms with van der Waals surface area (Å²) in [5.74, 6) is 0.0315. The number of nitrogens with zero attached hydrogens (tertiary/aromatic N) is 3. The van der Waals surface area contributed by atoms with E-state index in [1.165, 1.54) is 42.5 Å². The highest BCUT2D eigenvalue weighted by molar-refractivity contribution is 5.33. The number of rotatable bonds is 2. The predicted molar refractivity (Wildman–Crippen MR) is 76.6 cm³/mol. The van der Waals surface area contributed by atoms with Gasteiger partial charge in [-0.15, -0.1) is 10.2 Å². The maximum Gasteiger partial charge on any atom is 0.134 e. The Morgan fingerprint density at radius 1 is 0.818 bits per heavy atom. The van der Waals surface area contributed by atoms with Gasteiger partial charge in [0.2, 0.25) is 0 Å². The average Bonchev–Trinajstić information content (AvgIpc) is 2.47. The van der Waals surface area contributed by atoms with Gasteiger partial charge in [-0.05, 0) is 35.6 Å². The van der Waals surface area contributed by atoms with Crippen LogP contribution in [0.3, 0.4) is 0 Å². The van der Waals surface area contributed by atoms with E-state index in [9.17, 15) is 20.4 Å². The van der Waals surface area contributed by atoms with Crippen LogP contribution in [0.25, 0.3) is 0 Å². The summed E-state index contributed by atoms with van der Waals surface area (Å²) in [5, 5.41) is 51.6. The number of allylic oxidation sites excluding steroid dienone is 4. The van der Waals surface area contributed by atoms with Crippen LogP contribution >= 0.6 is 0 Å². The number of aliphatic hydroxyl groups is 4. The molecule has 3 rings (SSSR count). The summed E-state index contributed by atoms with van der Waals surface area (Å²) >= 11 is 0. The number of hydrogen-bond donors (Lipinski definition) is 4. The molecule has 2 atom stereocenters. The third-order valence-electron chi connectivity index (χ3n) is 3.69. The lowest BCUT2D eigenvalue weighted by molar-refractivity contribution is 0.0607. The van der Waals surface area contributed by atoms with E-state index in [2.05, 4.69) is 15.4 Å². The Hall–Kier alpha value is -2.51. The van der Waals surface area contributed by atoms with E-state index in [1.807, 2.05) is 0 Å². The highest BCUT2D eigenvalue weighted by Crippen LogP contribution is 2.34. The third-order valence-corrected chi connectivity index (χ3v) is 3.69. The summed E-state index contributed by atoms with van der Waals surface area (Å²) in [4.78, 5) is 0. The van der Waals surface area contributed by atoms with Crippen LogP contribution in [0.15, 0.2) is 54.0 Å². The zero-order valence-corrected chi connectivity index (χ0v) is 11.6. The molecule has 1 aromatic rings. The Morgan fingerprint density at radius 3 is 1.68 bits per heavy atom. The normalized spacial score (nSPS) is 30.8. The highest BCUT2D eigenvalue weighted by Gasteiger charge is 2.36. The fraction of sp³-hybridized carbons (Fsp3) is 0.267. The van der Waals surface area contributed by atoms with Crippen molar-refractivity contribution < 1.29 is 20.4 Å². The van der Waals surface area contributed by atoms with Crippen LogP contribution in [0.4, 0.5) is 0 Å². The predicted octanol–water partition coefficient (Wildman–Crippen LogP) is 1.05. The fourth-order valence-corrected chi connectivity index (χ4v) is 2.51. The Morgan fingerprint density at radius 2 is 1.27 bits per heavy atom. The minimum atomic E-state index is -1.52. The van der Waals surface area contributed by atoms with E-state index in [0.29, 0.717) is 0 Å². The Bertz CT molecular complexity index is 668. The first-order valence-electron chi connectivity index (χ1n) is 6.72. The van der Waals surface area contributed by atoms with Gasteiger partial charge in [-0.3, -0.25) is 0 Å². The van der Waals surface area contributed by atoms with E-state index in [0.717, 1.165) is 0 Å². The van der Waals surface area contributed by atoms with Gasteiger partial charge in [0.15, 0.2) is 0 Å². The summed E-state index contributed by atoms with van der Waals surface area (Å²) < 4.78 is 0. The largest absolute Gasteiger partial charge is 0.512 e. The average molecular weight is 301 g/mol. The summed E-state index contributed by atoms with van der Waals surface area (Å²) in [6.07, 6.45) is 8.88. The summed E-state index contributed by atoms with van der Waals surface area (Å²) in [5.41, 5.74) is -2.72. The van der Waals surface area contributed by atoms with Crippen LogP contribution in [0.5, 0.6) is 0 Å². The van der Waals surface area contributed by atoms with Crippen molar-refractivity contribution in [3.63, 3.8) is 0 Å². The molecule has 0 fully saturated rings. The lowest BCUT2D eigenvalue weighted by Gasteiger charge is -2.28. The van der Waals surface area contributed by atoms with Crippen LogP contribution < -0.4 is 0 Å². The van der Waals surface area contributed by atoms with Crippen molar-refractivity contribution in [1.82, 2.24) is 15.4 Å². The van der Waals surface area contributed by atoms with Gasteiger partial charge in [0.05, 0.1) is 11.5 Å². The molecule has 0 amide bonds. The Balaban J connectivity index is 1.98. The summed E-state index contributed by atoms with van der Waals surface area (Å²) in [7, 11) is 0. The summed E-state index contributed by atoms with van der Waals surface area (Å²) in [6, 6.07) is 1.42. The molecule has 2 aliphatic carbocycles. The van der Waals surface area contributed by atoms with Crippen LogP contribution in [-0.2, 0) is 11.2 Å². The minimum Gasteiger partial charge on any atom is -0.512 e. The van der Waals surface area contributed by atoms with E-state index in [4.69, 9.17) is 0 Å². The van der Waals surface area contributed by atoms with Crippen LogP contribution in [0.2, 0.25) is 0 Å². The lowest BCUT2D eigenvalue weighted by atomic mass is 9.86. The molecule has 1 heterocycles. The molecule has 0 bridgehead atoms. The lowest BCUT2D eigenvalue weighted by Crippen LogP contribution is -2.31. The standard InChI is InChI=1S/C15H15N3O4/c19-10-3-1-5-14(21,8-10)12-7-13(17-18-16-12)15(22)6-2-4-11(20)9-15/h1-7,19-22H,8-9H2. The molecule has 4 N–H and O–H groups in total. The molecule has 7 nitrogen and oxygen atoms in total. The molecule has 0 spiro atoms. The van der Waals surface area contributed by atoms with Gasteiger partial charge in [-0.2, -0.15) is 0 Å². The van der Waals surface area contributed by atoms with Crippen molar-refractivity contribution >= 4 is 0 Å². The molecule has 114 valence electrons. The zero-order valence-electron chi connectivity index (χ0n) is 11.6. The SMILES string of the molecule is OC1=CC=CC(O)(c2cc(C3(O)C=CC=C(O)C3)nnn2)C1. The smallest absolute Gasteiger partial charge is 0.134 e. The topological polar surface area (TPSA) is 120 Å². The van der Waals surface area contributed by atoms with Gasteiger partial charge in [0, 0.05) is 12.8 Å². The van der Waals surface area contributed by atoms with Gasteiger partial charge < -0.3 is 20.4 Å². The van der Waals surface area contributed by atoms with Crippen molar-refractivity contribution in [1.29, 1.82) is 0 Å². The van der Waals surface area contributed by atoms with Gasteiger partial charge in [0.1, 0.15) is 22.6 Å². The number of aromatic nitrogens is 3. The van der Waals surface area contributed by atoms with Crippen molar-refractivity contribution in [3.8, 4) is 0 Å². The first-order chi connectivity index (χ1) is 10.4. The van der Waals surface area contributed by atoms with Gasteiger partial charge in [-0.25, -0.2) is 0 Å². The van der Waals surface area contributed by atoms with Crippen molar-refractivity contribution in [2.24, 2.45) is 0 Å². The van der Waals surface area contributed by atoms with Crippen molar-refractivity contribution in [2.45, 2.75) is 24.0 Å². The molecule has 22 heavy (non-hydrogen) atoms. The van der Waals surface area contributed by atoms with E-state index >= 15 is 0 Å². The molecular weight excluding hydrogens is 286 g/mol. The van der Waals surface area contributed by atoms with Crippen molar-refractivity contribution in [2.75, 3.05) is 0 Å². The quantitative estimate of drug-likeness (QED) is 0.644. The van der Waals surface area contributed by atoms with E-state index in [1.54, 1.807) is 0 Å². The van der Waals surface area contributed by atoms with Gasteiger partial charge in [-0.1, -0.05) is 12.2 Å². The van der Waals surface area contributed by atoms with Crippen molar-refractivity contribution in [3.05, 3.63) is 65.4 Å². The second kappa shape index (κ2) is 5.04. The fourth-order valence-electron chi connectivity index (χ4n) is 2.51.